The van der Waals surface area contributed by atoms with Crippen molar-refractivity contribution < 1.29 is 9.47 Å². The van der Waals surface area contributed by atoms with Crippen molar-refractivity contribution in [2.24, 2.45) is 0 Å². The van der Waals surface area contributed by atoms with Crippen LogP contribution in [0.4, 0.5) is 0 Å². The van der Waals surface area contributed by atoms with Gasteiger partial charge in [0.2, 0.25) is 5.88 Å². The van der Waals surface area contributed by atoms with Gasteiger partial charge in [0, 0.05) is 19.2 Å². The molecule has 76 valence electrons. The van der Waals surface area contributed by atoms with E-state index in [1.54, 1.807) is 7.11 Å². The summed E-state index contributed by atoms with van der Waals surface area (Å²) >= 11 is 0. The van der Waals surface area contributed by atoms with Crippen LogP contribution in [0.3, 0.4) is 0 Å². The predicted octanol–water partition coefficient (Wildman–Crippen LogP) is 0.579. The molecule has 1 aliphatic rings. The maximum absolute atomic E-state index is 5.58. The topological polar surface area (TPSA) is 43.4 Å². The minimum absolute atomic E-state index is 0.350. The fourth-order valence-electron chi connectivity index (χ4n) is 1.23. The van der Waals surface area contributed by atoms with E-state index < -0.39 is 0 Å². The van der Waals surface area contributed by atoms with E-state index in [-0.39, 0.29) is 0 Å². The van der Waals surface area contributed by atoms with Crippen LogP contribution in [0, 0.1) is 0 Å². The molecule has 1 aliphatic heterocycles. The van der Waals surface area contributed by atoms with Gasteiger partial charge in [0.05, 0.1) is 25.5 Å². The molecular weight excluding hydrogens is 180 g/mol. The molecule has 1 fully saturated rings. The highest BCUT2D eigenvalue weighted by molar-refractivity contribution is 5.15. The third-order valence-electron chi connectivity index (χ3n) is 2.20. The molecule has 1 aromatic heterocycles. The first-order chi connectivity index (χ1) is 6.88. The summed E-state index contributed by atoms with van der Waals surface area (Å²) in [5.74, 6) is 0.637. The summed E-state index contributed by atoms with van der Waals surface area (Å²) in [6.07, 6.45) is 0.350. The SMILES string of the molecule is COc1cccc(COC2CNC2)n1. The van der Waals surface area contributed by atoms with E-state index >= 15 is 0 Å². The Kier molecular flexibility index (Phi) is 2.96. The predicted molar refractivity (Wildman–Crippen MR) is 52.2 cm³/mol. The van der Waals surface area contributed by atoms with Crippen LogP contribution in [-0.4, -0.2) is 31.3 Å². The van der Waals surface area contributed by atoms with Crippen LogP contribution in [0.2, 0.25) is 0 Å². The van der Waals surface area contributed by atoms with Gasteiger partial charge in [-0.1, -0.05) is 6.07 Å². The second kappa shape index (κ2) is 4.39. The molecule has 14 heavy (non-hydrogen) atoms. The first-order valence-electron chi connectivity index (χ1n) is 4.71. The monoisotopic (exact) mass is 194 g/mol. The number of pyridine rings is 1. The van der Waals surface area contributed by atoms with Crippen molar-refractivity contribution in [2.45, 2.75) is 12.7 Å². The Morgan fingerprint density at radius 2 is 2.36 bits per heavy atom. The summed E-state index contributed by atoms with van der Waals surface area (Å²) < 4.78 is 10.6. The normalized spacial score (nSPS) is 16.4. The lowest BCUT2D eigenvalue weighted by molar-refractivity contribution is 0.00590. The molecule has 4 heteroatoms. The van der Waals surface area contributed by atoms with Gasteiger partial charge in [0.15, 0.2) is 0 Å². The van der Waals surface area contributed by atoms with Crippen LogP contribution in [0.5, 0.6) is 5.88 Å². The largest absolute Gasteiger partial charge is 0.481 e. The minimum atomic E-state index is 0.350. The molecule has 0 amide bonds. The van der Waals surface area contributed by atoms with Crippen LogP contribution >= 0.6 is 0 Å². The van der Waals surface area contributed by atoms with Gasteiger partial charge >= 0.3 is 0 Å². The average molecular weight is 194 g/mol. The van der Waals surface area contributed by atoms with E-state index in [1.165, 1.54) is 0 Å². The third kappa shape index (κ3) is 2.21. The Hall–Kier alpha value is -1.13. The molecule has 0 spiro atoms. The summed E-state index contributed by atoms with van der Waals surface area (Å²) in [7, 11) is 1.61. The maximum atomic E-state index is 5.58. The van der Waals surface area contributed by atoms with Crippen molar-refractivity contribution in [3.63, 3.8) is 0 Å². The molecule has 0 unspecified atom stereocenters. The highest BCUT2D eigenvalue weighted by Gasteiger charge is 2.16. The second-order valence-electron chi connectivity index (χ2n) is 3.26. The zero-order valence-electron chi connectivity index (χ0n) is 8.19. The first-order valence-corrected chi connectivity index (χ1v) is 4.71. The van der Waals surface area contributed by atoms with E-state index in [2.05, 4.69) is 10.3 Å². The van der Waals surface area contributed by atoms with E-state index in [0.717, 1.165) is 18.8 Å². The van der Waals surface area contributed by atoms with E-state index in [9.17, 15) is 0 Å². The van der Waals surface area contributed by atoms with Crippen LogP contribution in [0.25, 0.3) is 0 Å². The number of hydrogen-bond acceptors (Lipinski definition) is 4. The minimum Gasteiger partial charge on any atom is -0.481 e. The molecule has 0 bridgehead atoms. The van der Waals surface area contributed by atoms with Gasteiger partial charge in [-0.3, -0.25) is 0 Å². The number of methoxy groups -OCH3 is 1. The number of aromatic nitrogens is 1. The van der Waals surface area contributed by atoms with Crippen molar-refractivity contribution in [1.29, 1.82) is 0 Å². The smallest absolute Gasteiger partial charge is 0.213 e. The van der Waals surface area contributed by atoms with E-state index in [0.29, 0.717) is 18.6 Å². The number of nitrogens with zero attached hydrogens (tertiary/aromatic N) is 1. The number of hydrogen-bond donors (Lipinski definition) is 1. The standard InChI is InChI=1S/C10H14N2O2/c1-13-10-4-2-3-8(12-10)7-14-9-5-11-6-9/h2-4,9,11H,5-7H2,1H3. The van der Waals surface area contributed by atoms with E-state index in [1.807, 2.05) is 18.2 Å². The lowest BCUT2D eigenvalue weighted by Crippen LogP contribution is -2.48. The summed E-state index contributed by atoms with van der Waals surface area (Å²) in [6.45, 7) is 2.46. The van der Waals surface area contributed by atoms with Crippen LogP contribution in [0.1, 0.15) is 5.69 Å². The van der Waals surface area contributed by atoms with Crippen LogP contribution < -0.4 is 10.1 Å². The number of nitrogens with one attached hydrogen (secondary N) is 1. The lowest BCUT2D eigenvalue weighted by Gasteiger charge is -2.26. The Labute approximate surface area is 83.2 Å². The molecule has 0 aromatic carbocycles. The molecule has 2 rings (SSSR count). The average Bonchev–Trinajstić information content (AvgIpc) is 2.16. The summed E-state index contributed by atoms with van der Waals surface area (Å²) in [5, 5.41) is 3.15. The van der Waals surface area contributed by atoms with Crippen LogP contribution in [-0.2, 0) is 11.3 Å². The first kappa shape index (κ1) is 9.43. The van der Waals surface area contributed by atoms with Gasteiger partial charge in [0.25, 0.3) is 0 Å². The Morgan fingerprint density at radius 3 is 3.00 bits per heavy atom. The van der Waals surface area contributed by atoms with Gasteiger partial charge in [0.1, 0.15) is 0 Å². The molecule has 0 atom stereocenters. The van der Waals surface area contributed by atoms with Gasteiger partial charge in [-0.15, -0.1) is 0 Å². The van der Waals surface area contributed by atoms with Gasteiger partial charge in [-0.05, 0) is 6.07 Å². The maximum Gasteiger partial charge on any atom is 0.213 e. The second-order valence-corrected chi connectivity index (χ2v) is 3.26. The van der Waals surface area contributed by atoms with Crippen LogP contribution in [0.15, 0.2) is 18.2 Å². The van der Waals surface area contributed by atoms with E-state index in [4.69, 9.17) is 9.47 Å². The highest BCUT2D eigenvalue weighted by atomic mass is 16.5. The molecule has 0 aliphatic carbocycles. The summed E-state index contributed by atoms with van der Waals surface area (Å²) in [4.78, 5) is 4.25. The van der Waals surface area contributed by atoms with Gasteiger partial charge in [-0.2, -0.15) is 0 Å². The third-order valence-corrected chi connectivity index (χ3v) is 2.20. The van der Waals surface area contributed by atoms with Crippen molar-refractivity contribution in [2.75, 3.05) is 20.2 Å². The summed E-state index contributed by atoms with van der Waals surface area (Å²) in [5.41, 5.74) is 0.913. The molecule has 1 aromatic rings. The molecular formula is C10H14N2O2. The van der Waals surface area contributed by atoms with Gasteiger partial charge < -0.3 is 14.8 Å². The number of ether oxygens (including phenoxy) is 2. The fourth-order valence-corrected chi connectivity index (χ4v) is 1.23. The quantitative estimate of drug-likeness (QED) is 0.761. The zero-order valence-corrected chi connectivity index (χ0v) is 8.19. The Morgan fingerprint density at radius 1 is 1.50 bits per heavy atom. The Balaban J connectivity index is 1.87. The molecule has 1 N–H and O–H groups in total. The molecule has 0 radical (unpaired) electrons. The fraction of sp³-hybridized carbons (Fsp3) is 0.500. The molecule has 1 saturated heterocycles. The number of rotatable bonds is 4. The van der Waals surface area contributed by atoms with Crippen molar-refractivity contribution in [3.05, 3.63) is 23.9 Å². The molecule has 2 heterocycles. The zero-order chi connectivity index (χ0) is 9.80. The van der Waals surface area contributed by atoms with Crippen molar-refractivity contribution in [3.8, 4) is 5.88 Å². The van der Waals surface area contributed by atoms with Crippen molar-refractivity contribution >= 4 is 0 Å². The van der Waals surface area contributed by atoms with Crippen molar-refractivity contribution in [1.82, 2.24) is 10.3 Å². The summed E-state index contributed by atoms with van der Waals surface area (Å²) in [6, 6.07) is 5.69. The molecule has 4 nitrogen and oxygen atoms in total. The lowest BCUT2D eigenvalue weighted by atomic mass is 10.2. The highest BCUT2D eigenvalue weighted by Crippen LogP contribution is 2.09. The van der Waals surface area contributed by atoms with Gasteiger partial charge in [-0.25, -0.2) is 4.98 Å². The molecule has 0 saturated carbocycles. The Bertz CT molecular complexity index is 300.